The van der Waals surface area contributed by atoms with Gasteiger partial charge >= 0.3 is 0 Å². The normalized spacial score (nSPS) is 14.1. The molecule has 3 aromatic rings. The molecule has 4 rings (SSSR count). The molecule has 0 radical (unpaired) electrons. The monoisotopic (exact) mass is 400 g/mol. The number of amides is 1. The van der Waals surface area contributed by atoms with E-state index in [1.807, 2.05) is 29.6 Å². The van der Waals surface area contributed by atoms with Crippen molar-refractivity contribution in [2.24, 2.45) is 0 Å². The van der Waals surface area contributed by atoms with Crippen LogP contribution in [0.5, 0.6) is 5.75 Å². The van der Waals surface area contributed by atoms with Crippen molar-refractivity contribution < 1.29 is 18.7 Å². The summed E-state index contributed by atoms with van der Waals surface area (Å²) in [6.07, 6.45) is 0. The van der Waals surface area contributed by atoms with Crippen LogP contribution in [0, 0.1) is 0 Å². The highest BCUT2D eigenvalue weighted by molar-refractivity contribution is 7.13. The molecule has 3 heterocycles. The number of nitrogens with one attached hydrogen (secondary N) is 1. The maximum Gasteiger partial charge on any atom is 0.257 e. The van der Waals surface area contributed by atoms with Gasteiger partial charge in [-0.15, -0.1) is 21.5 Å². The first-order valence-corrected chi connectivity index (χ1v) is 9.78. The lowest BCUT2D eigenvalue weighted by molar-refractivity contribution is 0.0944. The highest BCUT2D eigenvalue weighted by Crippen LogP contribution is 2.32. The number of carbonyl (C=O) groups is 1. The van der Waals surface area contributed by atoms with E-state index in [-0.39, 0.29) is 12.5 Å². The van der Waals surface area contributed by atoms with Gasteiger partial charge in [0.2, 0.25) is 5.89 Å². The third-order valence-electron chi connectivity index (χ3n) is 4.39. The van der Waals surface area contributed by atoms with Crippen LogP contribution >= 0.6 is 11.3 Å². The molecule has 0 saturated carbocycles. The van der Waals surface area contributed by atoms with Crippen molar-refractivity contribution in [3.8, 4) is 16.5 Å². The third kappa shape index (κ3) is 3.85. The fourth-order valence-corrected chi connectivity index (χ4v) is 3.69. The number of hydrogen-bond acceptors (Lipinski definition) is 8. The summed E-state index contributed by atoms with van der Waals surface area (Å²) in [5.41, 5.74) is 1.35. The fourth-order valence-electron chi connectivity index (χ4n) is 3.05. The molecule has 0 spiro atoms. The zero-order valence-corrected chi connectivity index (χ0v) is 16.2. The average molecular weight is 400 g/mol. The number of anilines is 1. The van der Waals surface area contributed by atoms with Gasteiger partial charge in [0.15, 0.2) is 5.75 Å². The summed E-state index contributed by atoms with van der Waals surface area (Å²) in [5, 5.41) is 12.8. The summed E-state index contributed by atoms with van der Waals surface area (Å²) in [6.45, 7) is 2.97. The van der Waals surface area contributed by atoms with Gasteiger partial charge < -0.3 is 24.1 Å². The smallest absolute Gasteiger partial charge is 0.257 e. The van der Waals surface area contributed by atoms with E-state index in [4.69, 9.17) is 13.9 Å². The van der Waals surface area contributed by atoms with Gasteiger partial charge in [-0.25, -0.2) is 0 Å². The van der Waals surface area contributed by atoms with Crippen molar-refractivity contribution in [3.05, 3.63) is 47.2 Å². The second-order valence-corrected chi connectivity index (χ2v) is 7.07. The summed E-state index contributed by atoms with van der Waals surface area (Å²) in [7, 11) is 1.57. The maximum atomic E-state index is 12.7. The topological polar surface area (TPSA) is 89.7 Å². The highest BCUT2D eigenvalue weighted by Gasteiger charge is 2.21. The quantitative estimate of drug-likeness (QED) is 0.680. The van der Waals surface area contributed by atoms with E-state index in [0.29, 0.717) is 36.3 Å². The van der Waals surface area contributed by atoms with E-state index in [9.17, 15) is 4.79 Å². The first kappa shape index (κ1) is 18.5. The number of ether oxygens (including phenoxy) is 2. The Bertz CT molecular complexity index is 935. The summed E-state index contributed by atoms with van der Waals surface area (Å²) in [5.74, 6) is 1.08. The Morgan fingerprint density at radius 3 is 2.86 bits per heavy atom. The van der Waals surface area contributed by atoms with E-state index >= 15 is 0 Å². The number of methoxy groups -OCH3 is 1. The van der Waals surface area contributed by atoms with Crippen LogP contribution in [0.4, 0.5) is 5.69 Å². The Labute approximate surface area is 166 Å². The molecule has 0 unspecified atom stereocenters. The third-order valence-corrected chi connectivity index (χ3v) is 5.25. The van der Waals surface area contributed by atoms with Crippen molar-refractivity contribution in [2.45, 2.75) is 6.54 Å². The number of carbonyl (C=O) groups excluding carboxylic acids is 1. The number of morpholine rings is 1. The lowest BCUT2D eigenvalue weighted by Gasteiger charge is -2.30. The molecule has 0 aliphatic carbocycles. The van der Waals surface area contributed by atoms with Crippen LogP contribution in [0.1, 0.15) is 16.2 Å². The molecule has 8 nitrogen and oxygen atoms in total. The molecule has 28 heavy (non-hydrogen) atoms. The van der Waals surface area contributed by atoms with Crippen molar-refractivity contribution in [1.29, 1.82) is 0 Å². The van der Waals surface area contributed by atoms with Gasteiger partial charge in [-0.05, 0) is 23.6 Å². The number of hydrogen-bond donors (Lipinski definition) is 1. The zero-order valence-electron chi connectivity index (χ0n) is 15.4. The van der Waals surface area contributed by atoms with Crippen LogP contribution in [0.3, 0.4) is 0 Å². The van der Waals surface area contributed by atoms with E-state index < -0.39 is 0 Å². The predicted molar refractivity (Wildman–Crippen MR) is 105 cm³/mol. The largest absolute Gasteiger partial charge is 0.494 e. The maximum absolute atomic E-state index is 12.7. The second-order valence-electron chi connectivity index (χ2n) is 6.12. The molecule has 1 aliphatic rings. The first-order valence-electron chi connectivity index (χ1n) is 8.90. The fraction of sp³-hybridized carbons (Fsp3) is 0.316. The molecule has 146 valence electrons. The molecular weight excluding hydrogens is 380 g/mol. The standard InChI is InChI=1S/C19H20N4O4S/c1-25-17-13(4-2-5-14(17)23-7-9-26-10-8-23)18(24)20-12-16-21-22-19(27-16)15-6-3-11-28-15/h2-6,11H,7-10,12H2,1H3,(H,20,24). The number of para-hydroxylation sites is 1. The van der Waals surface area contributed by atoms with Gasteiger partial charge in [-0.1, -0.05) is 12.1 Å². The number of rotatable bonds is 6. The molecule has 1 aromatic carbocycles. The highest BCUT2D eigenvalue weighted by atomic mass is 32.1. The lowest BCUT2D eigenvalue weighted by Crippen LogP contribution is -2.36. The van der Waals surface area contributed by atoms with Crippen LogP contribution in [-0.2, 0) is 11.3 Å². The van der Waals surface area contributed by atoms with Crippen LogP contribution in [0.25, 0.3) is 10.8 Å². The van der Waals surface area contributed by atoms with Gasteiger partial charge in [0, 0.05) is 13.1 Å². The van der Waals surface area contributed by atoms with Crippen molar-refractivity contribution in [1.82, 2.24) is 15.5 Å². The molecule has 1 fully saturated rings. The van der Waals surface area contributed by atoms with Crippen LogP contribution in [-0.4, -0.2) is 49.5 Å². The van der Waals surface area contributed by atoms with Gasteiger partial charge in [0.05, 0.1) is 43.0 Å². The summed E-state index contributed by atoms with van der Waals surface area (Å²) >= 11 is 1.52. The average Bonchev–Trinajstić information content (AvgIpc) is 3.44. The minimum atomic E-state index is -0.261. The van der Waals surface area contributed by atoms with Gasteiger partial charge in [0.1, 0.15) is 0 Å². The Balaban J connectivity index is 1.47. The summed E-state index contributed by atoms with van der Waals surface area (Å²) in [4.78, 5) is 15.8. The van der Waals surface area contributed by atoms with E-state index in [2.05, 4.69) is 20.4 Å². The minimum Gasteiger partial charge on any atom is -0.494 e. The summed E-state index contributed by atoms with van der Waals surface area (Å²) in [6, 6.07) is 9.36. The Morgan fingerprint density at radius 2 is 2.11 bits per heavy atom. The van der Waals surface area contributed by atoms with E-state index in [1.54, 1.807) is 13.2 Å². The van der Waals surface area contributed by atoms with Crippen LogP contribution < -0.4 is 15.0 Å². The van der Waals surface area contributed by atoms with Crippen molar-refractivity contribution in [2.75, 3.05) is 38.3 Å². The second kappa shape index (κ2) is 8.41. The number of thiophene rings is 1. The van der Waals surface area contributed by atoms with E-state index in [1.165, 1.54) is 11.3 Å². The zero-order chi connectivity index (χ0) is 19.3. The number of nitrogens with zero attached hydrogens (tertiary/aromatic N) is 3. The molecule has 0 bridgehead atoms. The molecule has 9 heteroatoms. The lowest BCUT2D eigenvalue weighted by atomic mass is 10.1. The van der Waals surface area contributed by atoms with Gasteiger partial charge in [-0.2, -0.15) is 0 Å². The van der Waals surface area contributed by atoms with Gasteiger partial charge in [-0.3, -0.25) is 4.79 Å². The Morgan fingerprint density at radius 1 is 1.25 bits per heavy atom. The molecule has 1 saturated heterocycles. The van der Waals surface area contributed by atoms with Crippen molar-refractivity contribution in [3.63, 3.8) is 0 Å². The van der Waals surface area contributed by atoms with Crippen molar-refractivity contribution >= 4 is 22.9 Å². The Kier molecular flexibility index (Phi) is 5.54. The molecular formula is C19H20N4O4S. The summed E-state index contributed by atoms with van der Waals surface area (Å²) < 4.78 is 16.6. The minimum absolute atomic E-state index is 0.141. The number of benzene rings is 1. The Hall–Kier alpha value is -2.91. The molecule has 1 aliphatic heterocycles. The van der Waals surface area contributed by atoms with E-state index in [0.717, 1.165) is 23.7 Å². The first-order chi connectivity index (χ1) is 13.8. The van der Waals surface area contributed by atoms with Gasteiger partial charge in [0.25, 0.3) is 11.8 Å². The van der Waals surface area contributed by atoms with Crippen LogP contribution in [0.2, 0.25) is 0 Å². The van der Waals surface area contributed by atoms with Crippen LogP contribution in [0.15, 0.2) is 40.1 Å². The number of aromatic nitrogens is 2. The molecule has 0 atom stereocenters. The molecule has 2 aromatic heterocycles. The molecule has 1 amide bonds. The SMILES string of the molecule is COc1c(C(=O)NCc2nnc(-c3cccs3)o2)cccc1N1CCOCC1. The molecule has 1 N–H and O–H groups in total. The predicted octanol–water partition coefficient (Wildman–Crippen LogP) is 2.57.